The van der Waals surface area contributed by atoms with E-state index < -0.39 is 17.6 Å². The Morgan fingerprint density at radius 1 is 1.45 bits per heavy atom. The summed E-state index contributed by atoms with van der Waals surface area (Å²) in [6.45, 7) is 5.73. The summed E-state index contributed by atoms with van der Waals surface area (Å²) >= 11 is 0. The lowest BCUT2D eigenvalue weighted by atomic mass is 9.76. The molecule has 0 aliphatic heterocycles. The van der Waals surface area contributed by atoms with Crippen LogP contribution in [0.15, 0.2) is 0 Å². The third-order valence-corrected chi connectivity index (χ3v) is 4.03. The van der Waals surface area contributed by atoms with Crippen LogP contribution < -0.4 is 16.4 Å². The van der Waals surface area contributed by atoms with Crippen molar-refractivity contribution in [2.75, 3.05) is 6.61 Å². The highest BCUT2D eigenvalue weighted by atomic mass is 16.3. The second-order valence-electron chi connectivity index (χ2n) is 6.36. The zero-order valence-corrected chi connectivity index (χ0v) is 12.6. The Hall–Kier alpha value is -1.30. The van der Waals surface area contributed by atoms with Crippen LogP contribution in [-0.4, -0.2) is 35.2 Å². The van der Waals surface area contributed by atoms with Crippen LogP contribution in [0.3, 0.4) is 0 Å². The number of hydrogen-bond donors (Lipinski definition) is 4. The molecule has 1 rings (SSSR count). The van der Waals surface area contributed by atoms with Crippen molar-refractivity contribution in [3.63, 3.8) is 0 Å². The quantitative estimate of drug-likeness (QED) is 0.598. The van der Waals surface area contributed by atoms with Crippen molar-refractivity contribution >= 4 is 11.9 Å². The first-order valence-electron chi connectivity index (χ1n) is 7.28. The molecule has 1 fully saturated rings. The lowest BCUT2D eigenvalue weighted by Crippen LogP contribution is -2.60. The highest BCUT2D eigenvalue weighted by Crippen LogP contribution is 2.32. The summed E-state index contributed by atoms with van der Waals surface area (Å²) in [7, 11) is 0. The Bertz CT molecular complexity index is 360. The van der Waals surface area contributed by atoms with E-state index in [2.05, 4.69) is 17.6 Å². The van der Waals surface area contributed by atoms with Crippen molar-refractivity contribution in [1.29, 1.82) is 0 Å². The van der Waals surface area contributed by atoms with Crippen LogP contribution in [0.5, 0.6) is 0 Å². The number of carbonyl (C=O) groups excluding carboxylic acids is 2. The number of carbonyl (C=O) groups is 2. The van der Waals surface area contributed by atoms with Gasteiger partial charge < -0.3 is 21.5 Å². The van der Waals surface area contributed by atoms with E-state index in [4.69, 9.17) is 5.73 Å². The molecule has 3 unspecified atom stereocenters. The summed E-state index contributed by atoms with van der Waals surface area (Å²) in [6.07, 6.45) is 3.62. The van der Waals surface area contributed by atoms with Gasteiger partial charge in [-0.1, -0.05) is 33.6 Å². The van der Waals surface area contributed by atoms with E-state index >= 15 is 0 Å². The van der Waals surface area contributed by atoms with Crippen molar-refractivity contribution < 1.29 is 14.7 Å². The van der Waals surface area contributed by atoms with Crippen LogP contribution in [0.1, 0.15) is 46.5 Å². The Kier molecular flexibility index (Phi) is 5.80. The first kappa shape index (κ1) is 16.8. The number of amides is 3. The molecule has 1 aliphatic carbocycles. The number of primary amides is 1. The third-order valence-electron chi connectivity index (χ3n) is 4.03. The van der Waals surface area contributed by atoms with E-state index in [9.17, 15) is 14.7 Å². The predicted molar refractivity (Wildman–Crippen MR) is 76.9 cm³/mol. The predicted octanol–water partition coefficient (Wildman–Crippen LogP) is 0.737. The maximum Gasteiger partial charge on any atom is 0.312 e. The fraction of sp³-hybridized carbons (Fsp3) is 0.857. The molecule has 3 atom stereocenters. The summed E-state index contributed by atoms with van der Waals surface area (Å²) in [6, 6.07) is -1.39. The topological polar surface area (TPSA) is 104 Å². The maximum absolute atomic E-state index is 12.4. The average Bonchev–Trinajstić information content (AvgIpc) is 2.35. The minimum absolute atomic E-state index is 0.0701. The molecule has 116 valence electrons. The van der Waals surface area contributed by atoms with Gasteiger partial charge in [0.05, 0.1) is 12.1 Å². The molecule has 0 radical (unpaired) electrons. The van der Waals surface area contributed by atoms with Crippen molar-refractivity contribution in [3.8, 4) is 0 Å². The molecule has 0 saturated heterocycles. The first-order valence-corrected chi connectivity index (χ1v) is 7.28. The molecule has 1 saturated carbocycles. The van der Waals surface area contributed by atoms with E-state index in [-0.39, 0.29) is 18.4 Å². The highest BCUT2D eigenvalue weighted by Gasteiger charge is 2.38. The fourth-order valence-electron chi connectivity index (χ4n) is 2.98. The second-order valence-corrected chi connectivity index (χ2v) is 6.36. The van der Waals surface area contributed by atoms with E-state index in [1.54, 1.807) is 0 Å². The largest absolute Gasteiger partial charge is 0.394 e. The van der Waals surface area contributed by atoms with E-state index in [1.165, 1.54) is 0 Å². The SMILES string of the molecule is CC1CCCC(CO)(NC(=O)C(NC(N)=O)C(C)C)C1. The van der Waals surface area contributed by atoms with Crippen LogP contribution in [0.2, 0.25) is 0 Å². The minimum atomic E-state index is -0.714. The smallest absolute Gasteiger partial charge is 0.312 e. The average molecular weight is 285 g/mol. The molecule has 3 amide bonds. The van der Waals surface area contributed by atoms with Gasteiger partial charge in [0.15, 0.2) is 0 Å². The van der Waals surface area contributed by atoms with Crippen LogP contribution in [0.4, 0.5) is 4.79 Å². The summed E-state index contributed by atoms with van der Waals surface area (Å²) in [5.41, 5.74) is 4.54. The van der Waals surface area contributed by atoms with Gasteiger partial charge in [-0.2, -0.15) is 0 Å². The van der Waals surface area contributed by atoms with Gasteiger partial charge in [-0.25, -0.2) is 4.79 Å². The third kappa shape index (κ3) is 4.37. The molecular formula is C14H27N3O3. The van der Waals surface area contributed by atoms with Gasteiger partial charge in [-0.05, 0) is 24.7 Å². The standard InChI is InChI=1S/C14H27N3O3/c1-9(2)11(16-13(15)20)12(19)17-14(8-18)6-4-5-10(3)7-14/h9-11,18H,4-8H2,1-3H3,(H,17,19)(H3,15,16,20). The van der Waals surface area contributed by atoms with E-state index in [1.807, 2.05) is 13.8 Å². The molecule has 0 bridgehead atoms. The number of nitrogens with two attached hydrogens (primary N) is 1. The lowest BCUT2D eigenvalue weighted by Gasteiger charge is -2.40. The van der Waals surface area contributed by atoms with E-state index in [0.717, 1.165) is 25.7 Å². The molecule has 1 aliphatic rings. The molecule has 0 spiro atoms. The molecule has 0 aromatic carbocycles. The normalized spacial score (nSPS) is 27.9. The molecular weight excluding hydrogens is 258 g/mol. The zero-order chi connectivity index (χ0) is 15.3. The summed E-state index contributed by atoms with van der Waals surface area (Å²) in [4.78, 5) is 23.4. The molecule has 0 aromatic rings. The van der Waals surface area contributed by atoms with Gasteiger partial charge in [-0.15, -0.1) is 0 Å². The maximum atomic E-state index is 12.4. The highest BCUT2D eigenvalue weighted by molar-refractivity contribution is 5.87. The van der Waals surface area contributed by atoms with Crippen molar-refractivity contribution in [2.45, 2.75) is 58.0 Å². The van der Waals surface area contributed by atoms with E-state index in [0.29, 0.717) is 5.92 Å². The van der Waals surface area contributed by atoms with Crippen molar-refractivity contribution in [3.05, 3.63) is 0 Å². The molecule has 0 aromatic heterocycles. The molecule has 20 heavy (non-hydrogen) atoms. The Balaban J connectivity index is 2.76. The number of aliphatic hydroxyl groups excluding tert-OH is 1. The second kappa shape index (κ2) is 6.92. The fourth-order valence-corrected chi connectivity index (χ4v) is 2.98. The van der Waals surface area contributed by atoms with Crippen LogP contribution >= 0.6 is 0 Å². The number of rotatable bonds is 5. The molecule has 6 nitrogen and oxygen atoms in total. The molecule has 5 N–H and O–H groups in total. The van der Waals surface area contributed by atoms with Crippen LogP contribution in [0.25, 0.3) is 0 Å². The molecule has 0 heterocycles. The number of urea groups is 1. The van der Waals surface area contributed by atoms with Crippen LogP contribution in [-0.2, 0) is 4.79 Å². The van der Waals surface area contributed by atoms with Gasteiger partial charge in [0.1, 0.15) is 6.04 Å². The molecule has 6 heteroatoms. The summed E-state index contributed by atoms with van der Waals surface area (Å²) in [5, 5.41) is 15.1. The number of aliphatic hydroxyl groups is 1. The van der Waals surface area contributed by atoms with Gasteiger partial charge in [0.2, 0.25) is 5.91 Å². The Morgan fingerprint density at radius 2 is 2.10 bits per heavy atom. The first-order chi connectivity index (χ1) is 9.29. The number of hydrogen-bond acceptors (Lipinski definition) is 3. The monoisotopic (exact) mass is 285 g/mol. The van der Waals surface area contributed by atoms with Crippen molar-refractivity contribution in [1.82, 2.24) is 10.6 Å². The minimum Gasteiger partial charge on any atom is -0.394 e. The van der Waals surface area contributed by atoms with Crippen molar-refractivity contribution in [2.24, 2.45) is 17.6 Å². The lowest BCUT2D eigenvalue weighted by molar-refractivity contribution is -0.127. The number of nitrogens with one attached hydrogen (secondary N) is 2. The Morgan fingerprint density at radius 3 is 2.55 bits per heavy atom. The van der Waals surface area contributed by atoms with Gasteiger partial charge in [-0.3, -0.25) is 4.79 Å². The van der Waals surface area contributed by atoms with Crippen LogP contribution in [0, 0.1) is 11.8 Å². The Labute approximate surface area is 120 Å². The van der Waals surface area contributed by atoms with Gasteiger partial charge >= 0.3 is 6.03 Å². The summed E-state index contributed by atoms with van der Waals surface area (Å²) in [5.74, 6) is 0.124. The van der Waals surface area contributed by atoms with Gasteiger partial charge in [0.25, 0.3) is 0 Å². The zero-order valence-electron chi connectivity index (χ0n) is 12.6. The summed E-state index contributed by atoms with van der Waals surface area (Å²) < 4.78 is 0. The van der Waals surface area contributed by atoms with Gasteiger partial charge in [0, 0.05) is 0 Å².